The van der Waals surface area contributed by atoms with E-state index >= 15 is 0 Å². The molecule has 4 aromatic carbocycles. The molecule has 0 amide bonds. The van der Waals surface area contributed by atoms with Crippen molar-refractivity contribution in [3.63, 3.8) is 0 Å². The van der Waals surface area contributed by atoms with Gasteiger partial charge in [0.2, 0.25) is 0 Å². The summed E-state index contributed by atoms with van der Waals surface area (Å²) in [5.41, 5.74) is 9.62. The van der Waals surface area contributed by atoms with Crippen LogP contribution in [-0.2, 0) is 0 Å². The number of benzene rings is 4. The van der Waals surface area contributed by atoms with E-state index in [0.29, 0.717) is 0 Å². The second kappa shape index (κ2) is 7.31. The molecule has 7 aromatic rings. The summed E-state index contributed by atoms with van der Waals surface area (Å²) >= 11 is 0. The number of hydrogen-bond donors (Lipinski definition) is 0. The monoisotopic (exact) mass is 491 g/mol. The average molecular weight is 492 g/mol. The van der Waals surface area contributed by atoms with Crippen LogP contribution in [0.25, 0.3) is 55.5 Å². The molecule has 0 radical (unpaired) electrons. The van der Waals surface area contributed by atoms with Crippen LogP contribution in [0.2, 0.25) is 13.1 Å². The van der Waals surface area contributed by atoms with Gasteiger partial charge in [0, 0.05) is 34.4 Å². The minimum Gasteiger partial charge on any atom is -0.309 e. The molecule has 3 aromatic heterocycles. The van der Waals surface area contributed by atoms with E-state index in [9.17, 15) is 0 Å². The molecule has 37 heavy (non-hydrogen) atoms. The Morgan fingerprint density at radius 3 is 2.30 bits per heavy atom. The molecule has 8 rings (SSSR count). The van der Waals surface area contributed by atoms with E-state index < -0.39 is 8.07 Å². The third-order valence-corrected chi connectivity index (χ3v) is 11.7. The quantitative estimate of drug-likeness (QED) is 0.241. The molecule has 0 aliphatic carbocycles. The lowest BCUT2D eigenvalue weighted by atomic mass is 10.0. The minimum atomic E-state index is -1.76. The topological polar surface area (TPSA) is 22.2 Å². The molecular weight excluding hydrogens is 466 g/mol. The van der Waals surface area contributed by atoms with E-state index in [4.69, 9.17) is 4.98 Å². The van der Waals surface area contributed by atoms with Crippen molar-refractivity contribution in [1.29, 1.82) is 0 Å². The first-order chi connectivity index (χ1) is 18.1. The molecule has 0 spiro atoms. The molecule has 1 aliphatic rings. The fraction of sp³-hybridized carbons (Fsp3) is 0.0606. The highest BCUT2D eigenvalue weighted by Crippen LogP contribution is 2.37. The standard InChI is InChI=1S/C33H25N3Si/c1-37(2)31-12-6-4-10-25(31)27-19-26-24-9-3-5-11-29(24)36(30(26)20-32(27)37)23-16-14-22(15-17-23)28-21-35-18-8-7-13-33(35)34-28/h3-21H,1-2H3. The normalized spacial score (nSPS) is 13.9. The van der Waals surface area contributed by atoms with Crippen molar-refractivity contribution in [2.75, 3.05) is 0 Å². The predicted octanol–water partition coefficient (Wildman–Crippen LogP) is 6.90. The van der Waals surface area contributed by atoms with Crippen LogP contribution in [0.4, 0.5) is 0 Å². The summed E-state index contributed by atoms with van der Waals surface area (Å²) in [7, 11) is -1.76. The van der Waals surface area contributed by atoms with Crippen molar-refractivity contribution < 1.29 is 0 Å². The van der Waals surface area contributed by atoms with Gasteiger partial charge in [0.1, 0.15) is 13.7 Å². The highest BCUT2D eigenvalue weighted by atomic mass is 28.3. The minimum absolute atomic E-state index is 0.964. The molecule has 4 heteroatoms. The van der Waals surface area contributed by atoms with Gasteiger partial charge < -0.3 is 8.97 Å². The molecule has 3 nitrogen and oxygen atoms in total. The molecule has 0 unspecified atom stereocenters. The number of hydrogen-bond acceptors (Lipinski definition) is 1. The molecule has 0 saturated carbocycles. The SMILES string of the molecule is C[Si]1(C)c2ccccc2-c2cc3c4ccccc4n(-c4ccc(-c5cn6ccccc6n5)cc4)c3cc21. The van der Waals surface area contributed by atoms with E-state index in [1.54, 1.807) is 5.19 Å². The smallest absolute Gasteiger partial charge is 0.137 e. The summed E-state index contributed by atoms with van der Waals surface area (Å²) in [5.74, 6) is 0. The zero-order chi connectivity index (χ0) is 24.7. The summed E-state index contributed by atoms with van der Waals surface area (Å²) < 4.78 is 4.51. The first-order valence-corrected chi connectivity index (χ1v) is 15.8. The lowest BCUT2D eigenvalue weighted by Gasteiger charge is -2.19. The van der Waals surface area contributed by atoms with Crippen molar-refractivity contribution in [2.24, 2.45) is 0 Å². The predicted molar refractivity (Wildman–Crippen MR) is 157 cm³/mol. The van der Waals surface area contributed by atoms with Gasteiger partial charge in [-0.05, 0) is 64.0 Å². The molecule has 0 bridgehead atoms. The second-order valence-electron chi connectivity index (χ2n) is 10.6. The van der Waals surface area contributed by atoms with Crippen LogP contribution in [0.15, 0.2) is 116 Å². The fourth-order valence-electron chi connectivity index (χ4n) is 6.30. The molecule has 0 atom stereocenters. The van der Waals surface area contributed by atoms with Crippen molar-refractivity contribution in [1.82, 2.24) is 14.0 Å². The fourth-order valence-corrected chi connectivity index (χ4v) is 9.37. The van der Waals surface area contributed by atoms with Crippen LogP contribution in [0.3, 0.4) is 0 Å². The first-order valence-electron chi connectivity index (χ1n) is 12.8. The van der Waals surface area contributed by atoms with Gasteiger partial charge in [-0.3, -0.25) is 0 Å². The lowest BCUT2D eigenvalue weighted by Crippen LogP contribution is -2.49. The Labute approximate surface area is 216 Å². The number of aromatic nitrogens is 3. The Bertz CT molecular complexity index is 1970. The van der Waals surface area contributed by atoms with Crippen LogP contribution in [0, 0.1) is 0 Å². The maximum atomic E-state index is 4.81. The lowest BCUT2D eigenvalue weighted by molar-refractivity contribution is 1.18. The van der Waals surface area contributed by atoms with Gasteiger partial charge in [-0.15, -0.1) is 0 Å². The van der Waals surface area contributed by atoms with Gasteiger partial charge in [0.25, 0.3) is 0 Å². The van der Waals surface area contributed by atoms with Crippen LogP contribution < -0.4 is 10.4 Å². The van der Waals surface area contributed by atoms with Crippen LogP contribution in [0.1, 0.15) is 0 Å². The van der Waals surface area contributed by atoms with Gasteiger partial charge in [0.05, 0.1) is 16.7 Å². The zero-order valence-electron chi connectivity index (χ0n) is 20.8. The molecule has 4 heterocycles. The van der Waals surface area contributed by atoms with Crippen LogP contribution >= 0.6 is 0 Å². The van der Waals surface area contributed by atoms with Gasteiger partial charge in [0.15, 0.2) is 0 Å². The number of pyridine rings is 1. The number of rotatable bonds is 2. The Morgan fingerprint density at radius 1 is 0.649 bits per heavy atom. The van der Waals surface area contributed by atoms with E-state index in [1.165, 1.54) is 43.8 Å². The molecule has 1 aliphatic heterocycles. The molecule has 176 valence electrons. The van der Waals surface area contributed by atoms with Crippen molar-refractivity contribution >= 4 is 45.9 Å². The van der Waals surface area contributed by atoms with Crippen molar-refractivity contribution in [2.45, 2.75) is 13.1 Å². The summed E-state index contributed by atoms with van der Waals surface area (Å²) in [6.45, 7) is 4.97. The average Bonchev–Trinajstić information content (AvgIpc) is 3.57. The first kappa shape index (κ1) is 20.7. The number of imidazole rings is 1. The number of fused-ring (bicyclic) bond motifs is 7. The Morgan fingerprint density at radius 2 is 1.43 bits per heavy atom. The van der Waals surface area contributed by atoms with Crippen molar-refractivity contribution in [3.8, 4) is 28.1 Å². The zero-order valence-corrected chi connectivity index (χ0v) is 21.8. The summed E-state index contributed by atoms with van der Waals surface area (Å²) in [6, 6.07) is 37.7. The number of para-hydroxylation sites is 1. The van der Waals surface area contributed by atoms with E-state index in [-0.39, 0.29) is 0 Å². The Hall–Kier alpha value is -4.41. The van der Waals surface area contributed by atoms with E-state index in [0.717, 1.165) is 16.9 Å². The van der Waals surface area contributed by atoms with Gasteiger partial charge in [-0.1, -0.05) is 73.8 Å². The third-order valence-electron chi connectivity index (χ3n) is 8.16. The molecular formula is C33H25N3Si. The largest absolute Gasteiger partial charge is 0.309 e. The number of nitrogens with zero attached hydrogens (tertiary/aromatic N) is 3. The maximum Gasteiger partial charge on any atom is 0.137 e. The highest BCUT2D eigenvalue weighted by Gasteiger charge is 2.37. The van der Waals surface area contributed by atoms with Gasteiger partial charge in [-0.2, -0.15) is 0 Å². The Kier molecular flexibility index (Phi) is 4.10. The van der Waals surface area contributed by atoms with Crippen LogP contribution in [0.5, 0.6) is 0 Å². The van der Waals surface area contributed by atoms with Gasteiger partial charge in [-0.25, -0.2) is 4.98 Å². The van der Waals surface area contributed by atoms with Crippen LogP contribution in [-0.4, -0.2) is 22.0 Å². The van der Waals surface area contributed by atoms with Gasteiger partial charge >= 0.3 is 0 Å². The summed E-state index contributed by atoms with van der Waals surface area (Å²) in [4.78, 5) is 4.81. The molecule has 0 fully saturated rings. The van der Waals surface area contributed by atoms with Crippen molar-refractivity contribution in [3.05, 3.63) is 116 Å². The molecule has 0 N–H and O–H groups in total. The summed E-state index contributed by atoms with van der Waals surface area (Å²) in [6.07, 6.45) is 4.14. The highest BCUT2D eigenvalue weighted by molar-refractivity contribution is 7.04. The van der Waals surface area contributed by atoms with E-state index in [2.05, 4.69) is 113 Å². The maximum absolute atomic E-state index is 4.81. The summed E-state index contributed by atoms with van der Waals surface area (Å²) in [5, 5.41) is 5.70. The Balaban J connectivity index is 1.34. The van der Waals surface area contributed by atoms with E-state index in [1.807, 2.05) is 24.4 Å². The third kappa shape index (κ3) is 2.84. The second-order valence-corrected chi connectivity index (χ2v) is 14.9. The molecule has 0 saturated heterocycles.